The summed E-state index contributed by atoms with van der Waals surface area (Å²) in [5.41, 5.74) is 2.64. The number of ether oxygens (including phenoxy) is 1. The van der Waals surface area contributed by atoms with Gasteiger partial charge in [0.15, 0.2) is 5.76 Å². The maximum Gasteiger partial charge on any atom is 0.338 e. The van der Waals surface area contributed by atoms with Crippen molar-refractivity contribution >= 4 is 44.2 Å². The van der Waals surface area contributed by atoms with Crippen LogP contribution in [0.1, 0.15) is 32.0 Å². The molecule has 31 heavy (non-hydrogen) atoms. The van der Waals surface area contributed by atoms with E-state index >= 15 is 0 Å². The molecule has 1 aliphatic rings. The van der Waals surface area contributed by atoms with Gasteiger partial charge in [-0.15, -0.1) is 11.3 Å². The van der Waals surface area contributed by atoms with Crippen molar-refractivity contribution in [2.45, 2.75) is 18.1 Å². The smallest absolute Gasteiger partial charge is 0.338 e. The Morgan fingerprint density at radius 2 is 1.84 bits per heavy atom. The van der Waals surface area contributed by atoms with Crippen molar-refractivity contribution < 1.29 is 27.2 Å². The normalized spacial score (nSPS) is 15.4. The van der Waals surface area contributed by atoms with Crippen molar-refractivity contribution in [1.82, 2.24) is 9.21 Å². The molecule has 2 aromatic heterocycles. The molecule has 0 unspecified atom stereocenters. The third-order valence-corrected chi connectivity index (χ3v) is 8.79. The van der Waals surface area contributed by atoms with Gasteiger partial charge in [-0.25, -0.2) is 13.2 Å². The van der Waals surface area contributed by atoms with E-state index in [1.54, 1.807) is 4.90 Å². The number of furan rings is 1. The Morgan fingerprint density at radius 3 is 2.48 bits per heavy atom. The summed E-state index contributed by atoms with van der Waals surface area (Å²) in [6.07, 6.45) is 0. The third kappa shape index (κ3) is 3.75. The number of nitrogens with zero attached hydrogens (tertiary/aromatic N) is 2. The maximum absolute atomic E-state index is 13.1. The second-order valence-electron chi connectivity index (χ2n) is 7.35. The van der Waals surface area contributed by atoms with Crippen LogP contribution in [0.15, 0.2) is 38.3 Å². The fraction of sp³-hybridized carbons (Fsp3) is 0.333. The SMILES string of the molecule is COC(=O)c1csc(S(=O)(=O)N2CCN(C(=O)c3oc4c(C)cccc4c3C)CC2)c1. The molecular formula is C21H22N2O6S2. The van der Waals surface area contributed by atoms with E-state index in [9.17, 15) is 18.0 Å². The summed E-state index contributed by atoms with van der Waals surface area (Å²) in [6, 6.07) is 7.10. The van der Waals surface area contributed by atoms with E-state index in [1.165, 1.54) is 22.9 Å². The van der Waals surface area contributed by atoms with Crippen molar-refractivity contribution in [2.24, 2.45) is 0 Å². The maximum atomic E-state index is 13.1. The van der Waals surface area contributed by atoms with Crippen LogP contribution in [0.4, 0.5) is 0 Å². The topological polar surface area (TPSA) is 97.1 Å². The largest absolute Gasteiger partial charge is 0.465 e. The predicted octanol–water partition coefficient (Wildman–Crippen LogP) is 3.04. The summed E-state index contributed by atoms with van der Waals surface area (Å²) < 4.78 is 37.8. The zero-order chi connectivity index (χ0) is 22.3. The fourth-order valence-electron chi connectivity index (χ4n) is 3.67. The van der Waals surface area contributed by atoms with Crippen LogP contribution in [0.5, 0.6) is 0 Å². The number of hydrogen-bond acceptors (Lipinski definition) is 7. The number of esters is 1. The number of para-hydroxylation sites is 1. The first kappa shape index (κ1) is 21.5. The second-order valence-corrected chi connectivity index (χ2v) is 10.4. The van der Waals surface area contributed by atoms with Gasteiger partial charge >= 0.3 is 5.97 Å². The van der Waals surface area contributed by atoms with Crippen molar-refractivity contribution in [3.8, 4) is 0 Å². The predicted molar refractivity (Wildman–Crippen MR) is 116 cm³/mol. The standard InChI is InChI=1S/C21H22N2O6S2/c1-13-5-4-6-16-14(2)19(29-18(13)16)20(24)22-7-9-23(10-8-22)31(26,27)17-11-15(12-30-17)21(25)28-3/h4-6,11-12H,7-10H2,1-3H3. The highest BCUT2D eigenvalue weighted by molar-refractivity contribution is 7.91. The first-order valence-electron chi connectivity index (χ1n) is 9.69. The Bertz CT molecular complexity index is 1270. The van der Waals surface area contributed by atoms with Crippen LogP contribution >= 0.6 is 11.3 Å². The molecule has 0 saturated carbocycles. The summed E-state index contributed by atoms with van der Waals surface area (Å²) >= 11 is 0.977. The van der Waals surface area contributed by atoms with Crippen LogP contribution < -0.4 is 0 Å². The van der Waals surface area contributed by atoms with Gasteiger partial charge in [0.25, 0.3) is 15.9 Å². The van der Waals surface area contributed by atoms with E-state index < -0.39 is 16.0 Å². The molecule has 4 rings (SSSR count). The van der Waals surface area contributed by atoms with Crippen LogP contribution in [0.3, 0.4) is 0 Å². The van der Waals surface area contributed by atoms with Gasteiger partial charge in [-0.1, -0.05) is 18.2 Å². The molecule has 0 atom stereocenters. The molecule has 3 aromatic rings. The number of methoxy groups -OCH3 is 1. The number of amides is 1. The highest BCUT2D eigenvalue weighted by Gasteiger charge is 2.33. The third-order valence-electron chi connectivity index (χ3n) is 5.47. The average Bonchev–Trinajstić information content (AvgIpc) is 3.40. The monoisotopic (exact) mass is 462 g/mol. The molecule has 1 saturated heterocycles. The van der Waals surface area contributed by atoms with Crippen LogP contribution in [-0.2, 0) is 14.8 Å². The lowest BCUT2D eigenvalue weighted by atomic mass is 10.1. The van der Waals surface area contributed by atoms with E-state index in [-0.39, 0.29) is 41.9 Å². The summed E-state index contributed by atoms with van der Waals surface area (Å²) in [5.74, 6) is -0.527. The van der Waals surface area contributed by atoms with Crippen molar-refractivity contribution in [1.29, 1.82) is 0 Å². The van der Waals surface area contributed by atoms with Gasteiger partial charge in [0.05, 0.1) is 12.7 Å². The highest BCUT2D eigenvalue weighted by atomic mass is 32.2. The van der Waals surface area contributed by atoms with Gasteiger partial charge in [0.1, 0.15) is 9.79 Å². The Balaban J connectivity index is 1.49. The molecule has 1 fully saturated rings. The molecule has 0 bridgehead atoms. The van der Waals surface area contributed by atoms with Gasteiger partial charge in [-0.2, -0.15) is 4.31 Å². The minimum atomic E-state index is -3.75. The van der Waals surface area contributed by atoms with E-state index in [0.29, 0.717) is 11.3 Å². The number of carbonyl (C=O) groups is 2. The molecule has 3 heterocycles. The first-order chi connectivity index (χ1) is 14.7. The quantitative estimate of drug-likeness (QED) is 0.553. The minimum Gasteiger partial charge on any atom is -0.465 e. The van der Waals surface area contributed by atoms with Gasteiger partial charge in [0.2, 0.25) is 0 Å². The summed E-state index contributed by atoms with van der Waals surface area (Å²) in [5, 5.41) is 2.37. The molecule has 0 aliphatic carbocycles. The lowest BCUT2D eigenvalue weighted by molar-refractivity contribution is 0.0600. The summed E-state index contributed by atoms with van der Waals surface area (Å²) in [6.45, 7) is 4.62. The Kier molecular flexibility index (Phi) is 5.63. The summed E-state index contributed by atoms with van der Waals surface area (Å²) in [7, 11) is -2.50. The molecule has 8 nitrogen and oxygen atoms in total. The molecule has 1 aromatic carbocycles. The molecule has 164 valence electrons. The van der Waals surface area contributed by atoms with E-state index in [0.717, 1.165) is 27.8 Å². The van der Waals surface area contributed by atoms with E-state index in [2.05, 4.69) is 4.74 Å². The number of thiophene rings is 1. The molecular weight excluding hydrogens is 440 g/mol. The van der Waals surface area contributed by atoms with Crippen LogP contribution in [-0.4, -0.2) is 62.8 Å². The molecule has 1 aliphatic heterocycles. The average molecular weight is 463 g/mol. The van der Waals surface area contributed by atoms with E-state index in [4.69, 9.17) is 4.42 Å². The second kappa shape index (κ2) is 8.10. The lowest BCUT2D eigenvalue weighted by Gasteiger charge is -2.33. The van der Waals surface area contributed by atoms with Crippen LogP contribution in [0.2, 0.25) is 0 Å². The molecule has 0 radical (unpaired) electrons. The van der Waals surface area contributed by atoms with Gasteiger partial charge in [0, 0.05) is 42.5 Å². The highest BCUT2D eigenvalue weighted by Crippen LogP contribution is 2.29. The number of rotatable bonds is 4. The molecule has 0 N–H and O–H groups in total. The Hall–Kier alpha value is -2.69. The molecule has 0 spiro atoms. The van der Waals surface area contributed by atoms with Crippen LogP contribution in [0.25, 0.3) is 11.0 Å². The lowest BCUT2D eigenvalue weighted by Crippen LogP contribution is -2.50. The fourth-order valence-corrected chi connectivity index (χ4v) is 6.39. The van der Waals surface area contributed by atoms with Crippen molar-refractivity contribution in [2.75, 3.05) is 33.3 Å². The van der Waals surface area contributed by atoms with Crippen LogP contribution in [0, 0.1) is 13.8 Å². The van der Waals surface area contributed by atoms with Gasteiger partial charge in [-0.05, 0) is 25.5 Å². The summed E-state index contributed by atoms with van der Waals surface area (Å²) in [4.78, 5) is 26.3. The zero-order valence-electron chi connectivity index (χ0n) is 17.4. The van der Waals surface area contributed by atoms with Gasteiger partial charge in [-0.3, -0.25) is 4.79 Å². The van der Waals surface area contributed by atoms with Gasteiger partial charge < -0.3 is 14.1 Å². The van der Waals surface area contributed by atoms with Crippen molar-refractivity contribution in [3.63, 3.8) is 0 Å². The number of piperazine rings is 1. The Labute approximate surface area is 184 Å². The number of aryl methyl sites for hydroxylation is 2. The Morgan fingerprint density at radius 1 is 1.13 bits per heavy atom. The van der Waals surface area contributed by atoms with Crippen molar-refractivity contribution in [3.05, 3.63) is 52.1 Å². The number of benzene rings is 1. The molecule has 1 amide bonds. The number of carbonyl (C=O) groups excluding carboxylic acids is 2. The molecule has 10 heteroatoms. The minimum absolute atomic E-state index is 0.0799. The number of sulfonamides is 1. The first-order valence-corrected chi connectivity index (χ1v) is 12.0. The van der Waals surface area contributed by atoms with E-state index in [1.807, 2.05) is 32.0 Å². The number of fused-ring (bicyclic) bond motifs is 1. The zero-order valence-corrected chi connectivity index (χ0v) is 19.0. The number of hydrogen-bond donors (Lipinski definition) is 0.